The third kappa shape index (κ3) is 1.84. The first kappa shape index (κ1) is 9.25. The fourth-order valence-electron chi connectivity index (χ4n) is 0.982. The molecule has 0 fully saturated rings. The van der Waals surface area contributed by atoms with Gasteiger partial charge in [0.15, 0.2) is 0 Å². The van der Waals surface area contributed by atoms with Gasteiger partial charge in [-0.25, -0.2) is 4.79 Å². The molecule has 0 aliphatic carbocycles. The Hall–Kier alpha value is -1.84. The van der Waals surface area contributed by atoms with Crippen LogP contribution >= 0.6 is 0 Å². The van der Waals surface area contributed by atoms with E-state index in [0.717, 1.165) is 0 Å². The van der Waals surface area contributed by atoms with E-state index in [2.05, 4.69) is 6.58 Å². The Balaban J connectivity index is 3.26. The van der Waals surface area contributed by atoms with E-state index in [0.29, 0.717) is 6.54 Å². The van der Waals surface area contributed by atoms with Gasteiger partial charge in [0.05, 0.1) is 0 Å². The van der Waals surface area contributed by atoms with Crippen molar-refractivity contribution in [3.05, 3.63) is 46.9 Å². The summed E-state index contributed by atoms with van der Waals surface area (Å²) in [6.45, 7) is 3.78. The van der Waals surface area contributed by atoms with Crippen molar-refractivity contribution < 1.29 is 9.90 Å². The van der Waals surface area contributed by atoms with Gasteiger partial charge in [-0.3, -0.25) is 4.79 Å². The highest BCUT2D eigenvalue weighted by molar-refractivity contribution is 5.86. The molecule has 1 aromatic rings. The summed E-state index contributed by atoms with van der Waals surface area (Å²) in [7, 11) is 0. The zero-order valence-corrected chi connectivity index (χ0v) is 6.93. The van der Waals surface area contributed by atoms with Gasteiger partial charge in [0.2, 0.25) is 0 Å². The van der Waals surface area contributed by atoms with Crippen molar-refractivity contribution in [3.8, 4) is 0 Å². The van der Waals surface area contributed by atoms with Crippen LogP contribution in [0.2, 0.25) is 0 Å². The predicted molar refractivity (Wildman–Crippen MR) is 47.9 cm³/mol. The number of aromatic carboxylic acids is 1. The van der Waals surface area contributed by atoms with Crippen LogP contribution in [0.3, 0.4) is 0 Å². The van der Waals surface area contributed by atoms with Gasteiger partial charge in [-0.2, -0.15) is 0 Å². The highest BCUT2D eigenvalue weighted by atomic mass is 16.4. The lowest BCUT2D eigenvalue weighted by Gasteiger charge is -2.01. The van der Waals surface area contributed by atoms with Crippen molar-refractivity contribution in [2.45, 2.75) is 6.54 Å². The molecule has 0 aliphatic heterocycles. The van der Waals surface area contributed by atoms with Crippen LogP contribution in [-0.4, -0.2) is 15.6 Å². The monoisotopic (exact) mass is 179 g/mol. The summed E-state index contributed by atoms with van der Waals surface area (Å²) in [4.78, 5) is 21.9. The molecule has 1 rings (SSSR count). The first-order valence-electron chi connectivity index (χ1n) is 3.70. The Labute approximate surface area is 74.7 Å². The Morgan fingerprint density at radius 2 is 2.38 bits per heavy atom. The van der Waals surface area contributed by atoms with E-state index in [-0.39, 0.29) is 5.56 Å². The van der Waals surface area contributed by atoms with Gasteiger partial charge in [0, 0.05) is 12.7 Å². The second kappa shape index (κ2) is 3.71. The third-order valence-electron chi connectivity index (χ3n) is 1.58. The SMILES string of the molecule is C=CCn1cccc(C(=O)O)c1=O. The van der Waals surface area contributed by atoms with E-state index in [1.165, 1.54) is 29.0 Å². The Morgan fingerprint density at radius 1 is 1.69 bits per heavy atom. The van der Waals surface area contributed by atoms with E-state index in [1.54, 1.807) is 0 Å². The maximum Gasteiger partial charge on any atom is 0.341 e. The molecule has 0 amide bonds. The maximum atomic E-state index is 11.3. The largest absolute Gasteiger partial charge is 0.477 e. The van der Waals surface area contributed by atoms with Crippen molar-refractivity contribution >= 4 is 5.97 Å². The first-order chi connectivity index (χ1) is 6.16. The normalized spacial score (nSPS) is 9.54. The molecule has 0 saturated heterocycles. The van der Waals surface area contributed by atoms with Gasteiger partial charge in [0.1, 0.15) is 5.56 Å². The fourth-order valence-corrected chi connectivity index (χ4v) is 0.982. The van der Waals surface area contributed by atoms with Crippen LogP contribution in [0.15, 0.2) is 35.8 Å². The summed E-state index contributed by atoms with van der Waals surface area (Å²) in [5.41, 5.74) is -0.723. The molecular weight excluding hydrogens is 170 g/mol. The average Bonchev–Trinajstić information content (AvgIpc) is 2.08. The molecule has 1 heterocycles. The number of rotatable bonds is 3. The predicted octanol–water partition coefficient (Wildman–Crippen LogP) is 0.732. The van der Waals surface area contributed by atoms with Gasteiger partial charge < -0.3 is 9.67 Å². The zero-order valence-electron chi connectivity index (χ0n) is 6.93. The molecule has 1 N–H and O–H groups in total. The molecule has 68 valence electrons. The van der Waals surface area contributed by atoms with Crippen LogP contribution in [0.25, 0.3) is 0 Å². The van der Waals surface area contributed by atoms with Crippen LogP contribution < -0.4 is 5.56 Å². The number of hydrogen-bond acceptors (Lipinski definition) is 2. The van der Waals surface area contributed by atoms with Crippen molar-refractivity contribution in [3.63, 3.8) is 0 Å². The lowest BCUT2D eigenvalue weighted by atomic mass is 10.3. The lowest BCUT2D eigenvalue weighted by molar-refractivity contribution is 0.0694. The summed E-state index contributed by atoms with van der Waals surface area (Å²) in [6.07, 6.45) is 3.06. The molecule has 4 heteroatoms. The number of aromatic nitrogens is 1. The fraction of sp³-hybridized carbons (Fsp3) is 0.111. The number of carboxylic acid groups (broad SMARTS) is 1. The molecule has 0 bridgehead atoms. The van der Waals surface area contributed by atoms with Crippen molar-refractivity contribution in [2.75, 3.05) is 0 Å². The van der Waals surface area contributed by atoms with E-state index in [1.807, 2.05) is 0 Å². The molecule has 0 saturated carbocycles. The number of allylic oxidation sites excluding steroid dienone is 1. The average molecular weight is 179 g/mol. The standard InChI is InChI=1S/C9H9NO3/c1-2-5-10-6-3-4-7(8(10)11)9(12)13/h2-4,6H,1,5H2,(H,12,13). The summed E-state index contributed by atoms with van der Waals surface area (Å²) < 4.78 is 1.29. The van der Waals surface area contributed by atoms with E-state index in [9.17, 15) is 9.59 Å². The number of pyridine rings is 1. The summed E-state index contributed by atoms with van der Waals surface area (Å²) in [6, 6.07) is 2.80. The minimum Gasteiger partial charge on any atom is -0.477 e. The second-order valence-corrected chi connectivity index (χ2v) is 2.47. The van der Waals surface area contributed by atoms with Crippen LogP contribution in [0.1, 0.15) is 10.4 Å². The first-order valence-corrected chi connectivity index (χ1v) is 3.70. The van der Waals surface area contributed by atoms with E-state index >= 15 is 0 Å². The van der Waals surface area contributed by atoms with Crippen LogP contribution in [0, 0.1) is 0 Å². The molecule has 0 atom stereocenters. The molecular formula is C9H9NO3. The molecule has 0 radical (unpaired) electrons. The van der Waals surface area contributed by atoms with Crippen molar-refractivity contribution in [2.24, 2.45) is 0 Å². The highest BCUT2D eigenvalue weighted by Gasteiger charge is 2.08. The van der Waals surface area contributed by atoms with Crippen molar-refractivity contribution in [1.82, 2.24) is 4.57 Å². The van der Waals surface area contributed by atoms with Crippen molar-refractivity contribution in [1.29, 1.82) is 0 Å². The summed E-state index contributed by atoms with van der Waals surface area (Å²) in [5.74, 6) is -1.21. The number of carboxylic acids is 1. The number of nitrogens with zero attached hydrogens (tertiary/aromatic N) is 1. The maximum absolute atomic E-state index is 11.3. The van der Waals surface area contributed by atoms with Gasteiger partial charge >= 0.3 is 5.97 Å². The van der Waals surface area contributed by atoms with Crippen LogP contribution in [0.4, 0.5) is 0 Å². The topological polar surface area (TPSA) is 59.3 Å². The molecule has 0 unspecified atom stereocenters. The lowest BCUT2D eigenvalue weighted by Crippen LogP contribution is -2.25. The van der Waals surface area contributed by atoms with Gasteiger partial charge in [-0.15, -0.1) is 6.58 Å². The van der Waals surface area contributed by atoms with E-state index in [4.69, 9.17) is 5.11 Å². The number of hydrogen-bond donors (Lipinski definition) is 1. The summed E-state index contributed by atoms with van der Waals surface area (Å²) >= 11 is 0. The minimum absolute atomic E-state index is 0.218. The van der Waals surface area contributed by atoms with Gasteiger partial charge in [0.25, 0.3) is 5.56 Å². The Kier molecular flexibility index (Phi) is 2.64. The summed E-state index contributed by atoms with van der Waals surface area (Å²) in [5, 5.41) is 8.62. The number of carbonyl (C=O) groups is 1. The third-order valence-corrected chi connectivity index (χ3v) is 1.58. The van der Waals surface area contributed by atoms with Crippen LogP contribution in [-0.2, 0) is 6.54 Å². The quantitative estimate of drug-likeness (QED) is 0.696. The van der Waals surface area contributed by atoms with Gasteiger partial charge in [-0.1, -0.05) is 6.08 Å². The van der Waals surface area contributed by atoms with Crippen LogP contribution in [0.5, 0.6) is 0 Å². The molecule has 0 spiro atoms. The molecule has 4 nitrogen and oxygen atoms in total. The zero-order chi connectivity index (χ0) is 9.84. The Bertz CT molecular complexity index is 392. The second-order valence-electron chi connectivity index (χ2n) is 2.47. The Morgan fingerprint density at radius 3 is 2.92 bits per heavy atom. The highest BCUT2D eigenvalue weighted by Crippen LogP contribution is 1.91. The molecule has 1 aromatic heterocycles. The smallest absolute Gasteiger partial charge is 0.341 e. The molecule has 0 aliphatic rings. The van der Waals surface area contributed by atoms with Gasteiger partial charge in [-0.05, 0) is 12.1 Å². The molecule has 0 aromatic carbocycles. The molecule has 13 heavy (non-hydrogen) atoms. The van der Waals surface area contributed by atoms with E-state index < -0.39 is 11.5 Å². The minimum atomic E-state index is -1.21.